The summed E-state index contributed by atoms with van der Waals surface area (Å²) in [5.41, 5.74) is 0. The topological polar surface area (TPSA) is 166 Å². The molecule has 0 saturated carbocycles. The molecule has 0 aromatic rings. The summed E-state index contributed by atoms with van der Waals surface area (Å²) in [6.07, 6.45) is -1.78. The fraction of sp³-hybridized carbons (Fsp3) is 0.818. The predicted octanol–water partition coefficient (Wildman–Crippen LogP) is -0.522. The molecule has 3 atom stereocenters. The second-order valence-electron chi connectivity index (χ2n) is 6.75. The Labute approximate surface area is 204 Å². The van der Waals surface area contributed by atoms with Crippen LogP contribution in [-0.2, 0) is 33.2 Å². The summed E-state index contributed by atoms with van der Waals surface area (Å²) in [6.45, 7) is 4.37. The van der Waals surface area contributed by atoms with Crippen LogP contribution in [0.4, 0.5) is 0 Å². The fourth-order valence-corrected chi connectivity index (χ4v) is 1.83. The molecule has 0 aliphatic carbocycles. The maximum absolute atomic E-state index is 9.54. The van der Waals surface area contributed by atoms with Crippen LogP contribution in [0.2, 0.25) is 0 Å². The zero-order valence-electron chi connectivity index (χ0n) is 21.8. The molecule has 0 spiro atoms. The number of rotatable bonds is 21. The molecule has 5 N–H and O–H groups in total. The third-order valence-corrected chi connectivity index (χ3v) is 3.49. The van der Waals surface area contributed by atoms with Gasteiger partial charge in [-0.15, -0.1) is 0 Å². The van der Waals surface area contributed by atoms with Gasteiger partial charge in [0.15, 0.2) is 0 Å². The quantitative estimate of drug-likeness (QED) is 0.0740. The molecule has 0 aliphatic rings. The molecule has 0 aromatic carbocycles. The summed E-state index contributed by atoms with van der Waals surface area (Å²) < 4.78 is 32.9. The Kier molecular flexibility index (Phi) is 44.9. The third kappa shape index (κ3) is 41.7. The second-order valence-corrected chi connectivity index (χ2v) is 6.75. The maximum Gasteiger partial charge on any atom is 0.101 e. The van der Waals surface area contributed by atoms with Crippen molar-refractivity contribution in [3.05, 3.63) is 28.4 Å². The third-order valence-electron chi connectivity index (χ3n) is 3.49. The van der Waals surface area contributed by atoms with Gasteiger partial charge in [0.2, 0.25) is 0 Å². The van der Waals surface area contributed by atoms with E-state index in [1.807, 2.05) is 6.92 Å². The van der Waals surface area contributed by atoms with Gasteiger partial charge < -0.3 is 58.7 Å². The van der Waals surface area contributed by atoms with Crippen LogP contribution in [0.1, 0.15) is 19.8 Å². The van der Waals surface area contributed by atoms with Gasteiger partial charge in [0.1, 0.15) is 6.10 Å². The SMILES string of the molecule is [CH2-]OCC.[CH2-]OCC(O)CCOCC(O)COCCC(O)CO[CH2-].[CH2-]OCC(O)COCCO.[Rf].[Rf]. The summed E-state index contributed by atoms with van der Waals surface area (Å²) in [4.78, 5) is 0. The Morgan fingerprint density at radius 3 is 1.14 bits per heavy atom. The summed E-state index contributed by atoms with van der Waals surface area (Å²) in [5, 5.41) is 45.3. The van der Waals surface area contributed by atoms with Crippen molar-refractivity contribution in [1.29, 1.82) is 0 Å². The molecule has 0 amide bonds. The van der Waals surface area contributed by atoms with E-state index in [9.17, 15) is 15.3 Å². The second kappa shape index (κ2) is 37.1. The molecule has 214 valence electrons. The van der Waals surface area contributed by atoms with Crippen LogP contribution < -0.4 is 0 Å². The molecule has 14 heteroatoms. The molecule has 0 radical (unpaired) electrons. The van der Waals surface area contributed by atoms with Crippen molar-refractivity contribution in [3.63, 3.8) is 0 Å². The van der Waals surface area contributed by atoms with Crippen LogP contribution in [0.25, 0.3) is 0 Å². The van der Waals surface area contributed by atoms with E-state index in [0.29, 0.717) is 32.7 Å². The first-order chi connectivity index (χ1) is 16.3. The van der Waals surface area contributed by atoms with Crippen molar-refractivity contribution in [3.8, 4) is 0 Å². The molecule has 0 rings (SSSR count). The fourth-order valence-electron chi connectivity index (χ4n) is 1.83. The van der Waals surface area contributed by atoms with Crippen LogP contribution in [0.5, 0.6) is 0 Å². The minimum Gasteiger partial charge on any atom is -0.555 e. The number of hydrogen-bond donors (Lipinski definition) is 5. The monoisotopic (exact) mass is 1040 g/mol. The van der Waals surface area contributed by atoms with Crippen LogP contribution in [0, 0.1) is 28.4 Å². The van der Waals surface area contributed by atoms with Gasteiger partial charge in [0, 0.05) is 39.6 Å². The smallest absolute Gasteiger partial charge is 0.101 e. The van der Waals surface area contributed by atoms with E-state index < -0.39 is 24.4 Å². The number of hydrogen-bond acceptors (Lipinski definition) is 12. The molecular weight excluding hydrogens is 990 g/mol. The van der Waals surface area contributed by atoms with E-state index in [-0.39, 0.29) is 52.9 Å². The summed E-state index contributed by atoms with van der Waals surface area (Å²) in [6, 6.07) is 0. The molecule has 0 bridgehead atoms. The van der Waals surface area contributed by atoms with Crippen molar-refractivity contribution >= 4 is 0 Å². The Bertz CT molecular complexity index is 341. The van der Waals surface area contributed by atoms with Gasteiger partial charge in [-0.3, -0.25) is 0 Å². The standard InChI is InChI=1S/C13H26O7.C6H13O4.C3H7O.2Rf/c1-17-7-11(14)3-5-19-9-13(16)10-20-6-4-12(15)8-18-2;1-9-4-6(8)5-10-3-2-7;1-3-4-2;;/h11-16H,1-10H2;6-8H,1-5H2;2-3H2,1H3;;/q-2;2*-1;;. The zero-order valence-corrected chi connectivity index (χ0v) is 34.6. The van der Waals surface area contributed by atoms with Crippen LogP contribution in [-0.4, -0.2) is 123 Å². The van der Waals surface area contributed by atoms with Gasteiger partial charge in [-0.2, -0.15) is 0 Å². The minimum atomic E-state index is -0.738. The van der Waals surface area contributed by atoms with Gasteiger partial charge in [-0.25, -0.2) is 28.4 Å². The Balaban J connectivity index is -0.000000168. The molecule has 0 fully saturated rings. The number of aliphatic hydroxyl groups is 5. The van der Waals surface area contributed by atoms with E-state index in [0.717, 1.165) is 0 Å². The molecule has 0 aromatic heterocycles. The molecule has 0 saturated heterocycles. The number of ether oxygens (including phenoxy) is 7. The van der Waals surface area contributed by atoms with Crippen molar-refractivity contribution in [1.82, 2.24) is 0 Å². The summed E-state index contributed by atoms with van der Waals surface area (Å²) in [7, 11) is 12.5. The first-order valence-corrected chi connectivity index (χ1v) is 10.9. The molecule has 0 heterocycles. The maximum atomic E-state index is 9.54. The molecule has 12 nitrogen and oxygen atoms in total. The van der Waals surface area contributed by atoms with Gasteiger partial charge >= 0.3 is 0 Å². The van der Waals surface area contributed by atoms with Gasteiger partial charge in [-0.1, -0.05) is 0 Å². The van der Waals surface area contributed by atoms with Crippen molar-refractivity contribution < 1.29 is 58.7 Å². The Morgan fingerprint density at radius 1 is 0.528 bits per heavy atom. The molecular formula is C22H46O12Rf2-4. The average molecular weight is 1040 g/mol. The predicted molar refractivity (Wildman–Crippen MR) is 124 cm³/mol. The average Bonchev–Trinajstić information content (AvgIpc) is 2.81. The zero-order chi connectivity index (χ0) is 26.5. The van der Waals surface area contributed by atoms with Crippen molar-refractivity contribution in [2.24, 2.45) is 0 Å². The molecule has 3 unspecified atom stereocenters. The molecule has 0 aliphatic heterocycles. The van der Waals surface area contributed by atoms with E-state index in [1.165, 1.54) is 0 Å². The first-order valence-electron chi connectivity index (χ1n) is 10.9. The minimum absolute atomic E-state index is 0. The summed E-state index contributed by atoms with van der Waals surface area (Å²) >= 11 is 0. The van der Waals surface area contributed by atoms with Gasteiger partial charge in [-0.05, 0) is 19.8 Å². The number of aliphatic hydroxyl groups excluding tert-OH is 5. The van der Waals surface area contributed by atoms with Gasteiger partial charge in [0.25, 0.3) is 0 Å². The normalized spacial score (nSPS) is 13.5. The first kappa shape index (κ1) is 43.6. The van der Waals surface area contributed by atoms with E-state index in [2.05, 4.69) is 47.4 Å². The van der Waals surface area contributed by atoms with E-state index >= 15 is 0 Å². The Morgan fingerprint density at radius 2 is 0.833 bits per heavy atom. The molecule has 36 heavy (non-hydrogen) atoms. The van der Waals surface area contributed by atoms with Gasteiger partial charge in [0.05, 0.1) is 51.3 Å². The Hall–Kier alpha value is -2.48. The van der Waals surface area contributed by atoms with Crippen LogP contribution >= 0.6 is 0 Å². The van der Waals surface area contributed by atoms with E-state index in [1.54, 1.807) is 0 Å². The van der Waals surface area contributed by atoms with Crippen molar-refractivity contribution in [2.75, 3.05) is 72.7 Å². The van der Waals surface area contributed by atoms with Crippen LogP contribution in [0.3, 0.4) is 0 Å². The largest absolute Gasteiger partial charge is 0.555 e. The van der Waals surface area contributed by atoms with E-state index in [4.69, 9.17) is 24.4 Å². The van der Waals surface area contributed by atoms with Crippen molar-refractivity contribution in [2.45, 2.75) is 44.2 Å². The van der Waals surface area contributed by atoms with Crippen LogP contribution in [0.15, 0.2) is 0 Å². The summed E-state index contributed by atoms with van der Waals surface area (Å²) in [5.74, 6) is 0.